The van der Waals surface area contributed by atoms with E-state index in [2.05, 4.69) is 36.4 Å². The molecule has 5 N–H and O–H groups in total. The van der Waals surface area contributed by atoms with Crippen LogP contribution in [0.3, 0.4) is 0 Å². The van der Waals surface area contributed by atoms with Crippen LogP contribution in [0.1, 0.15) is 22.3 Å². The summed E-state index contributed by atoms with van der Waals surface area (Å²) in [5, 5.41) is 51.5. The van der Waals surface area contributed by atoms with Gasteiger partial charge in [-0.05, 0) is 56.1 Å². The van der Waals surface area contributed by atoms with Gasteiger partial charge in [0.2, 0.25) is 17.2 Å². The molecule has 36 heavy (non-hydrogen) atoms. The summed E-state index contributed by atoms with van der Waals surface area (Å²) in [6.07, 6.45) is 0. The Hall–Kier alpha value is -4.90. The van der Waals surface area contributed by atoms with E-state index in [0.717, 1.165) is 44.5 Å². The molecule has 2 aliphatic carbocycles. The molecule has 5 aromatic carbocycles. The van der Waals surface area contributed by atoms with Gasteiger partial charge in [0, 0.05) is 0 Å². The monoisotopic (exact) mass is 472 g/mol. The third-order valence-corrected chi connectivity index (χ3v) is 7.66. The molecule has 2 aliphatic rings. The van der Waals surface area contributed by atoms with Gasteiger partial charge in [-0.15, -0.1) is 0 Å². The van der Waals surface area contributed by atoms with Crippen LogP contribution in [0.25, 0.3) is 33.4 Å². The molecule has 5 aromatic rings. The molecule has 0 saturated heterocycles. The van der Waals surface area contributed by atoms with Crippen LogP contribution in [-0.2, 0) is 5.41 Å². The summed E-state index contributed by atoms with van der Waals surface area (Å²) in [4.78, 5) is 0. The van der Waals surface area contributed by atoms with Crippen molar-refractivity contribution in [1.29, 1.82) is 0 Å². The molecule has 0 radical (unpaired) electrons. The van der Waals surface area contributed by atoms with Crippen molar-refractivity contribution in [2.75, 3.05) is 0 Å². The molecule has 5 nitrogen and oxygen atoms in total. The van der Waals surface area contributed by atoms with Crippen molar-refractivity contribution in [3.63, 3.8) is 0 Å². The SMILES string of the molecule is Oc1c(O)c(O)c(-c2ccc3c(c2)C2(c4ccccc4-c4ccccc42)c2ccccc2-3)c(O)c1O. The maximum Gasteiger partial charge on any atom is 0.208 e. The summed E-state index contributed by atoms with van der Waals surface area (Å²) in [5.41, 5.74) is 8.39. The highest BCUT2D eigenvalue weighted by molar-refractivity contribution is 5.96. The highest BCUT2D eigenvalue weighted by atomic mass is 16.4. The second-order valence-electron chi connectivity index (χ2n) is 9.27. The summed E-state index contributed by atoms with van der Waals surface area (Å²) in [6, 6.07) is 30.5. The number of phenols is 5. The van der Waals surface area contributed by atoms with Gasteiger partial charge in [-0.1, -0.05) is 84.9 Å². The zero-order chi connectivity index (χ0) is 24.8. The third-order valence-electron chi connectivity index (χ3n) is 7.66. The van der Waals surface area contributed by atoms with E-state index in [1.807, 2.05) is 48.5 Å². The van der Waals surface area contributed by atoms with E-state index in [0.29, 0.717) is 5.56 Å². The molecule has 0 atom stereocenters. The average molecular weight is 472 g/mol. The minimum Gasteiger partial charge on any atom is -0.504 e. The third kappa shape index (κ3) is 2.25. The lowest BCUT2D eigenvalue weighted by atomic mass is 9.70. The Kier molecular flexibility index (Phi) is 3.88. The number of fused-ring (bicyclic) bond motifs is 10. The predicted molar refractivity (Wildman–Crippen MR) is 136 cm³/mol. The zero-order valence-corrected chi connectivity index (χ0v) is 18.9. The Bertz CT molecular complexity index is 1660. The molecule has 0 aromatic heterocycles. The van der Waals surface area contributed by atoms with Gasteiger partial charge in [-0.3, -0.25) is 0 Å². The molecule has 0 heterocycles. The predicted octanol–water partition coefficient (Wildman–Crippen LogP) is 6.23. The first-order chi connectivity index (χ1) is 17.5. The molecule has 0 bridgehead atoms. The summed E-state index contributed by atoms with van der Waals surface area (Å²) < 4.78 is 0. The van der Waals surface area contributed by atoms with Crippen LogP contribution in [-0.4, -0.2) is 25.5 Å². The van der Waals surface area contributed by atoms with Crippen LogP contribution in [0.4, 0.5) is 0 Å². The van der Waals surface area contributed by atoms with Crippen LogP contribution >= 0.6 is 0 Å². The molecule has 0 saturated carbocycles. The number of hydrogen-bond acceptors (Lipinski definition) is 5. The van der Waals surface area contributed by atoms with Crippen molar-refractivity contribution >= 4 is 0 Å². The highest BCUT2D eigenvalue weighted by Crippen LogP contribution is 2.63. The van der Waals surface area contributed by atoms with Gasteiger partial charge in [0.05, 0.1) is 11.0 Å². The Balaban J connectivity index is 1.62. The fourth-order valence-corrected chi connectivity index (χ4v) is 6.21. The molecule has 0 amide bonds. The first kappa shape index (κ1) is 20.5. The van der Waals surface area contributed by atoms with Crippen LogP contribution in [0.15, 0.2) is 91.0 Å². The largest absolute Gasteiger partial charge is 0.504 e. The highest BCUT2D eigenvalue weighted by Gasteiger charge is 2.51. The molecule has 0 aliphatic heterocycles. The smallest absolute Gasteiger partial charge is 0.208 e. The molecule has 5 heteroatoms. The lowest BCUT2D eigenvalue weighted by Gasteiger charge is -2.30. The van der Waals surface area contributed by atoms with Crippen molar-refractivity contribution in [2.24, 2.45) is 0 Å². The Morgan fingerprint density at radius 1 is 0.389 bits per heavy atom. The lowest BCUT2D eigenvalue weighted by molar-refractivity contribution is 0.330. The normalized spacial score (nSPS) is 13.8. The van der Waals surface area contributed by atoms with Gasteiger partial charge in [0.1, 0.15) is 0 Å². The van der Waals surface area contributed by atoms with Gasteiger partial charge in [-0.25, -0.2) is 0 Å². The van der Waals surface area contributed by atoms with E-state index in [9.17, 15) is 25.5 Å². The maximum absolute atomic E-state index is 10.7. The number of phenolic OH excluding ortho intramolecular Hbond substituents is 5. The second kappa shape index (κ2) is 6.83. The van der Waals surface area contributed by atoms with Crippen molar-refractivity contribution in [3.05, 3.63) is 113 Å². The number of hydrogen-bond donors (Lipinski definition) is 5. The van der Waals surface area contributed by atoms with Gasteiger partial charge in [0.15, 0.2) is 11.5 Å². The maximum atomic E-state index is 10.7. The molecular weight excluding hydrogens is 452 g/mol. The quantitative estimate of drug-likeness (QED) is 0.144. The summed E-state index contributed by atoms with van der Waals surface area (Å²) in [5.74, 6) is -4.18. The molecule has 0 fully saturated rings. The zero-order valence-electron chi connectivity index (χ0n) is 18.9. The fraction of sp³-hybridized carbons (Fsp3) is 0.0323. The standard InChI is InChI=1S/C31H20O5/c32-26-25(27(33)29(35)30(36)28(26)34)16-13-14-20-19-9-3-6-12-23(19)31(24(20)15-16)21-10-4-1-7-17(21)18-8-2-5-11-22(18)31/h1-15,32-36H. The van der Waals surface area contributed by atoms with E-state index in [1.165, 1.54) is 0 Å². The van der Waals surface area contributed by atoms with E-state index < -0.39 is 34.2 Å². The number of benzene rings is 5. The molecule has 0 unspecified atom stereocenters. The molecule has 7 rings (SSSR count). The molecule has 174 valence electrons. The Labute approximate surface area is 206 Å². The number of rotatable bonds is 1. The first-order valence-electron chi connectivity index (χ1n) is 11.6. The minimum absolute atomic E-state index is 0.156. The number of aromatic hydroxyl groups is 5. The van der Waals surface area contributed by atoms with Crippen molar-refractivity contribution in [2.45, 2.75) is 5.41 Å². The van der Waals surface area contributed by atoms with Crippen molar-refractivity contribution < 1.29 is 25.5 Å². The Morgan fingerprint density at radius 2 is 0.778 bits per heavy atom. The van der Waals surface area contributed by atoms with Crippen molar-refractivity contribution in [1.82, 2.24) is 0 Å². The van der Waals surface area contributed by atoms with Crippen LogP contribution in [0.5, 0.6) is 28.7 Å². The van der Waals surface area contributed by atoms with E-state index >= 15 is 0 Å². The summed E-state index contributed by atoms with van der Waals surface area (Å²) in [7, 11) is 0. The van der Waals surface area contributed by atoms with Crippen molar-refractivity contribution in [3.8, 4) is 62.1 Å². The van der Waals surface area contributed by atoms with Crippen LogP contribution in [0, 0.1) is 0 Å². The molecular formula is C31H20O5. The lowest BCUT2D eigenvalue weighted by Crippen LogP contribution is -2.25. The van der Waals surface area contributed by atoms with Gasteiger partial charge in [-0.2, -0.15) is 0 Å². The average Bonchev–Trinajstić information content (AvgIpc) is 3.38. The molecule has 1 spiro atoms. The Morgan fingerprint density at radius 3 is 1.25 bits per heavy atom. The fourth-order valence-electron chi connectivity index (χ4n) is 6.21. The van der Waals surface area contributed by atoms with Crippen LogP contribution < -0.4 is 0 Å². The van der Waals surface area contributed by atoms with Gasteiger partial charge >= 0.3 is 0 Å². The summed E-state index contributed by atoms with van der Waals surface area (Å²) >= 11 is 0. The van der Waals surface area contributed by atoms with E-state index in [-0.39, 0.29) is 5.56 Å². The van der Waals surface area contributed by atoms with Crippen LogP contribution in [0.2, 0.25) is 0 Å². The van der Waals surface area contributed by atoms with Gasteiger partial charge in [0.25, 0.3) is 0 Å². The van der Waals surface area contributed by atoms with Gasteiger partial charge < -0.3 is 25.5 Å². The van der Waals surface area contributed by atoms with E-state index in [4.69, 9.17) is 0 Å². The second-order valence-corrected chi connectivity index (χ2v) is 9.27. The first-order valence-corrected chi connectivity index (χ1v) is 11.6. The van der Waals surface area contributed by atoms with E-state index in [1.54, 1.807) is 6.07 Å². The minimum atomic E-state index is -0.975. The summed E-state index contributed by atoms with van der Waals surface area (Å²) in [6.45, 7) is 0. The topological polar surface area (TPSA) is 101 Å².